The highest BCUT2D eigenvalue weighted by atomic mass is 16.6. The van der Waals surface area contributed by atoms with Gasteiger partial charge in [-0.05, 0) is 57.6 Å². The number of ether oxygens (including phenoxy) is 1. The van der Waals surface area contributed by atoms with E-state index in [-0.39, 0.29) is 0 Å². The zero-order chi connectivity index (χ0) is 21.1. The van der Waals surface area contributed by atoms with Crippen molar-refractivity contribution >= 4 is 5.97 Å². The van der Waals surface area contributed by atoms with E-state index in [0.717, 1.165) is 17.7 Å². The molecule has 0 unspecified atom stereocenters. The maximum absolute atomic E-state index is 13.0. The van der Waals surface area contributed by atoms with E-state index in [1.807, 2.05) is 52.0 Å². The number of hydrogen-bond donors (Lipinski definition) is 0. The number of aryl methyl sites for hydroxylation is 2. The number of hydrogen-bond acceptors (Lipinski definition) is 4. The van der Waals surface area contributed by atoms with Gasteiger partial charge in [-0.15, -0.1) is 0 Å². The number of esters is 1. The lowest BCUT2D eigenvalue weighted by atomic mass is 9.90. The normalized spacial score (nSPS) is 11.4. The summed E-state index contributed by atoms with van der Waals surface area (Å²) in [5.41, 5.74) is 4.21. The molecule has 4 heteroatoms. The molecule has 4 nitrogen and oxygen atoms in total. The monoisotopic (exact) mass is 378 g/mol. The van der Waals surface area contributed by atoms with Crippen molar-refractivity contribution in [3.63, 3.8) is 0 Å². The third kappa shape index (κ3) is 4.98. The van der Waals surface area contributed by atoms with Crippen molar-refractivity contribution in [3.8, 4) is 17.2 Å². The molecule has 1 aromatic heterocycles. The largest absolute Gasteiger partial charge is 0.456 e. The molecule has 0 fully saturated rings. The zero-order valence-corrected chi connectivity index (χ0v) is 18.0. The standard InChI is InChI=1S/C24H30N2O2/c1-8-17-9-11-18(12-10-17)22-19(14-25)20(13-15(2)3)26-16(4)21(22)23(27)28-24(5,6)7/h9-12,15H,8,13H2,1-7H3. The van der Waals surface area contributed by atoms with Crippen LogP contribution < -0.4 is 0 Å². The average molecular weight is 379 g/mol. The van der Waals surface area contributed by atoms with Gasteiger partial charge < -0.3 is 4.74 Å². The summed E-state index contributed by atoms with van der Waals surface area (Å²) in [6, 6.07) is 10.3. The van der Waals surface area contributed by atoms with Crippen LogP contribution in [-0.2, 0) is 17.6 Å². The lowest BCUT2D eigenvalue weighted by Crippen LogP contribution is -2.25. The number of benzene rings is 1. The van der Waals surface area contributed by atoms with Crippen molar-refractivity contribution in [3.05, 3.63) is 52.3 Å². The Bertz CT molecular complexity index is 898. The van der Waals surface area contributed by atoms with Crippen molar-refractivity contribution in [1.29, 1.82) is 5.26 Å². The molecule has 2 aromatic rings. The molecule has 0 radical (unpaired) electrons. The third-order valence-electron chi connectivity index (χ3n) is 4.42. The minimum absolute atomic E-state index is 0.349. The van der Waals surface area contributed by atoms with E-state index in [4.69, 9.17) is 4.74 Å². The van der Waals surface area contributed by atoms with Gasteiger partial charge in [0.2, 0.25) is 0 Å². The van der Waals surface area contributed by atoms with Crippen molar-refractivity contribution in [1.82, 2.24) is 4.98 Å². The van der Waals surface area contributed by atoms with Gasteiger partial charge >= 0.3 is 5.97 Å². The number of nitriles is 1. The first-order valence-electron chi connectivity index (χ1n) is 9.83. The zero-order valence-electron chi connectivity index (χ0n) is 18.0. The molecular weight excluding hydrogens is 348 g/mol. The second kappa shape index (κ2) is 8.56. The van der Waals surface area contributed by atoms with Crippen LogP contribution in [0.4, 0.5) is 0 Å². The lowest BCUT2D eigenvalue weighted by Gasteiger charge is -2.23. The fourth-order valence-electron chi connectivity index (χ4n) is 3.19. The van der Waals surface area contributed by atoms with E-state index in [9.17, 15) is 10.1 Å². The van der Waals surface area contributed by atoms with Crippen LogP contribution in [0.1, 0.15) is 74.4 Å². The Labute approximate surface area is 168 Å². The van der Waals surface area contributed by atoms with E-state index in [2.05, 4.69) is 31.8 Å². The number of aromatic nitrogens is 1. The predicted octanol–water partition coefficient (Wildman–Crippen LogP) is 5.64. The number of pyridine rings is 1. The van der Waals surface area contributed by atoms with Gasteiger partial charge in [-0.2, -0.15) is 5.26 Å². The van der Waals surface area contributed by atoms with E-state index >= 15 is 0 Å². The van der Waals surface area contributed by atoms with Gasteiger partial charge in [0.25, 0.3) is 0 Å². The molecule has 0 aliphatic rings. The van der Waals surface area contributed by atoms with Crippen molar-refractivity contribution in [2.45, 2.75) is 66.9 Å². The van der Waals surface area contributed by atoms with Crippen LogP contribution in [0.3, 0.4) is 0 Å². The Hall–Kier alpha value is -2.67. The third-order valence-corrected chi connectivity index (χ3v) is 4.42. The molecule has 1 heterocycles. The smallest absolute Gasteiger partial charge is 0.341 e. The second-order valence-corrected chi connectivity index (χ2v) is 8.53. The molecule has 1 aromatic carbocycles. The van der Waals surface area contributed by atoms with Gasteiger partial charge in [0.1, 0.15) is 11.7 Å². The summed E-state index contributed by atoms with van der Waals surface area (Å²) >= 11 is 0. The number of nitrogens with zero attached hydrogens (tertiary/aromatic N) is 2. The summed E-state index contributed by atoms with van der Waals surface area (Å²) in [6.07, 6.45) is 1.61. The van der Waals surface area contributed by atoms with Gasteiger partial charge in [-0.25, -0.2) is 4.79 Å². The molecule has 0 aliphatic heterocycles. The maximum Gasteiger partial charge on any atom is 0.341 e. The fraction of sp³-hybridized carbons (Fsp3) is 0.458. The SMILES string of the molecule is CCc1ccc(-c2c(C#N)c(CC(C)C)nc(C)c2C(=O)OC(C)(C)C)cc1. The molecule has 0 spiro atoms. The maximum atomic E-state index is 13.0. The van der Waals surface area contributed by atoms with Crippen molar-refractivity contribution in [2.75, 3.05) is 0 Å². The van der Waals surface area contributed by atoms with Crippen molar-refractivity contribution < 1.29 is 9.53 Å². The second-order valence-electron chi connectivity index (χ2n) is 8.53. The van der Waals surface area contributed by atoms with Crippen LogP contribution in [0.2, 0.25) is 0 Å². The molecule has 148 valence electrons. The number of carbonyl (C=O) groups is 1. The van der Waals surface area contributed by atoms with Crippen LogP contribution >= 0.6 is 0 Å². The minimum Gasteiger partial charge on any atom is -0.456 e. The summed E-state index contributed by atoms with van der Waals surface area (Å²) in [4.78, 5) is 17.7. The highest BCUT2D eigenvalue weighted by Crippen LogP contribution is 2.33. The van der Waals surface area contributed by atoms with Gasteiger partial charge in [-0.1, -0.05) is 45.0 Å². The van der Waals surface area contributed by atoms with Gasteiger partial charge in [0.15, 0.2) is 0 Å². The van der Waals surface area contributed by atoms with E-state index in [1.54, 1.807) is 0 Å². The van der Waals surface area contributed by atoms with Crippen LogP contribution in [0.15, 0.2) is 24.3 Å². The van der Waals surface area contributed by atoms with E-state index in [0.29, 0.717) is 34.7 Å². The first kappa shape index (κ1) is 21.6. The topological polar surface area (TPSA) is 63.0 Å². The Morgan fingerprint density at radius 3 is 2.29 bits per heavy atom. The van der Waals surface area contributed by atoms with E-state index in [1.165, 1.54) is 5.56 Å². The van der Waals surface area contributed by atoms with Gasteiger partial charge in [0, 0.05) is 5.56 Å². The van der Waals surface area contributed by atoms with Crippen LogP contribution in [0, 0.1) is 24.2 Å². The van der Waals surface area contributed by atoms with Crippen LogP contribution in [-0.4, -0.2) is 16.6 Å². The highest BCUT2D eigenvalue weighted by molar-refractivity contribution is 6.00. The van der Waals surface area contributed by atoms with Crippen LogP contribution in [0.25, 0.3) is 11.1 Å². The molecule has 2 rings (SSSR count). The average Bonchev–Trinajstić information content (AvgIpc) is 2.59. The predicted molar refractivity (Wildman–Crippen MR) is 112 cm³/mol. The fourth-order valence-corrected chi connectivity index (χ4v) is 3.19. The summed E-state index contributed by atoms with van der Waals surface area (Å²) < 4.78 is 5.64. The molecule has 0 N–H and O–H groups in total. The Morgan fingerprint density at radius 1 is 1.21 bits per heavy atom. The first-order chi connectivity index (χ1) is 13.1. The lowest BCUT2D eigenvalue weighted by molar-refractivity contribution is 0.00691. The Balaban J connectivity index is 2.79. The number of carbonyl (C=O) groups excluding carboxylic acids is 1. The Kier molecular flexibility index (Phi) is 6.61. The molecule has 0 amide bonds. The van der Waals surface area contributed by atoms with Crippen molar-refractivity contribution in [2.24, 2.45) is 5.92 Å². The summed E-state index contributed by atoms with van der Waals surface area (Å²) in [7, 11) is 0. The first-order valence-corrected chi connectivity index (χ1v) is 9.83. The molecule has 0 saturated heterocycles. The Morgan fingerprint density at radius 2 is 1.82 bits per heavy atom. The van der Waals surface area contributed by atoms with E-state index < -0.39 is 11.6 Å². The molecule has 0 atom stereocenters. The van der Waals surface area contributed by atoms with Gasteiger partial charge in [0.05, 0.1) is 22.5 Å². The minimum atomic E-state index is -0.629. The summed E-state index contributed by atoms with van der Waals surface area (Å²) in [5, 5.41) is 9.96. The molecule has 0 aliphatic carbocycles. The molecule has 28 heavy (non-hydrogen) atoms. The summed E-state index contributed by atoms with van der Waals surface area (Å²) in [5.74, 6) is -0.0960. The van der Waals surface area contributed by atoms with Crippen LogP contribution in [0.5, 0.6) is 0 Å². The molecule has 0 bridgehead atoms. The highest BCUT2D eigenvalue weighted by Gasteiger charge is 2.27. The molecule has 0 saturated carbocycles. The number of rotatable bonds is 5. The summed E-state index contributed by atoms with van der Waals surface area (Å²) in [6.45, 7) is 13.6. The molecular formula is C24H30N2O2. The van der Waals surface area contributed by atoms with Gasteiger partial charge in [-0.3, -0.25) is 4.98 Å². The quantitative estimate of drug-likeness (QED) is 0.631.